The Hall–Kier alpha value is -0.200. The molecule has 5 heteroatoms. The Kier molecular flexibility index (Phi) is 6.37. The summed E-state index contributed by atoms with van der Waals surface area (Å²) in [4.78, 5) is 0. The molecule has 0 spiro atoms. The molecule has 1 rings (SSSR count). The van der Waals surface area contributed by atoms with E-state index in [0.29, 0.717) is 26.4 Å². The molecule has 2 atom stereocenters. The third kappa shape index (κ3) is 9.50. The van der Waals surface area contributed by atoms with Crippen LogP contribution in [0.4, 0.5) is 0 Å². The van der Waals surface area contributed by atoms with Crippen LogP contribution in [0.2, 0.25) is 0 Å². The Labute approximate surface area is 103 Å². The van der Waals surface area contributed by atoms with Gasteiger partial charge in [0.25, 0.3) is 0 Å². The van der Waals surface area contributed by atoms with Crippen LogP contribution in [0.5, 0.6) is 0 Å². The van der Waals surface area contributed by atoms with Crippen LogP contribution in [0.25, 0.3) is 0 Å². The zero-order valence-corrected chi connectivity index (χ0v) is 11.0. The summed E-state index contributed by atoms with van der Waals surface area (Å²) < 4.78 is 21.0. The lowest BCUT2D eigenvalue weighted by atomic mass is 10.2. The zero-order valence-electron chi connectivity index (χ0n) is 11.0. The van der Waals surface area contributed by atoms with Gasteiger partial charge in [-0.3, -0.25) is 0 Å². The van der Waals surface area contributed by atoms with E-state index in [1.165, 1.54) is 0 Å². The van der Waals surface area contributed by atoms with E-state index in [0.717, 1.165) is 6.61 Å². The number of rotatable bonds is 9. The summed E-state index contributed by atoms with van der Waals surface area (Å²) in [5.74, 6) is 0. The quantitative estimate of drug-likeness (QED) is 0.478. The fourth-order valence-corrected chi connectivity index (χ4v) is 1.17. The third-order valence-corrected chi connectivity index (χ3v) is 2.09. The van der Waals surface area contributed by atoms with Gasteiger partial charge in [-0.2, -0.15) is 0 Å². The van der Waals surface area contributed by atoms with Gasteiger partial charge in [0, 0.05) is 0 Å². The number of aliphatic hydroxyl groups is 1. The van der Waals surface area contributed by atoms with Gasteiger partial charge in [0.1, 0.15) is 12.2 Å². The first-order valence-electron chi connectivity index (χ1n) is 6.06. The summed E-state index contributed by atoms with van der Waals surface area (Å²) in [6.45, 7) is 8.91. The van der Waals surface area contributed by atoms with Crippen LogP contribution in [-0.2, 0) is 18.9 Å². The largest absolute Gasteiger partial charge is 0.388 e. The van der Waals surface area contributed by atoms with Gasteiger partial charge in [-0.05, 0) is 20.8 Å². The number of hydrogen-bond donors (Lipinski definition) is 1. The van der Waals surface area contributed by atoms with Gasteiger partial charge in [0.2, 0.25) is 0 Å². The van der Waals surface area contributed by atoms with Crippen LogP contribution in [0, 0.1) is 0 Å². The molecule has 0 bridgehead atoms. The highest BCUT2D eigenvalue weighted by atomic mass is 16.6. The lowest BCUT2D eigenvalue weighted by molar-refractivity contribution is -0.0598. The first-order valence-corrected chi connectivity index (χ1v) is 6.06. The normalized spacial score (nSPS) is 21.5. The van der Waals surface area contributed by atoms with Crippen LogP contribution < -0.4 is 0 Å². The fourth-order valence-electron chi connectivity index (χ4n) is 1.17. The number of hydrogen-bond acceptors (Lipinski definition) is 5. The second-order valence-electron chi connectivity index (χ2n) is 5.18. The Morgan fingerprint density at radius 1 is 1.24 bits per heavy atom. The lowest BCUT2D eigenvalue weighted by Crippen LogP contribution is -2.25. The molecule has 5 nitrogen and oxygen atoms in total. The van der Waals surface area contributed by atoms with E-state index in [-0.39, 0.29) is 18.3 Å². The molecule has 102 valence electrons. The van der Waals surface area contributed by atoms with Gasteiger partial charge < -0.3 is 24.1 Å². The molecule has 17 heavy (non-hydrogen) atoms. The van der Waals surface area contributed by atoms with E-state index in [1.54, 1.807) is 0 Å². The highest BCUT2D eigenvalue weighted by molar-refractivity contribution is 4.67. The molecule has 0 aromatic heterocycles. The van der Waals surface area contributed by atoms with E-state index < -0.39 is 6.10 Å². The third-order valence-electron chi connectivity index (χ3n) is 2.09. The van der Waals surface area contributed by atoms with Crippen molar-refractivity contribution in [3.63, 3.8) is 0 Å². The molecule has 1 saturated heterocycles. The maximum atomic E-state index is 9.51. The standard InChI is InChI=1S/C12H24O5/c1-12(2,3)17-5-4-14-6-10(13)7-15-8-11-9-16-11/h10-11,13H,4-9H2,1-3H3. The molecule has 1 aliphatic heterocycles. The summed E-state index contributed by atoms with van der Waals surface area (Å²) in [5.41, 5.74) is -0.144. The van der Waals surface area contributed by atoms with Gasteiger partial charge in [0.05, 0.1) is 45.2 Å². The van der Waals surface area contributed by atoms with Crippen molar-refractivity contribution in [1.82, 2.24) is 0 Å². The minimum absolute atomic E-state index is 0.144. The summed E-state index contributed by atoms with van der Waals surface area (Å²) in [6.07, 6.45) is -0.341. The van der Waals surface area contributed by atoms with Crippen LogP contribution in [0.1, 0.15) is 20.8 Å². The maximum absolute atomic E-state index is 9.51. The maximum Gasteiger partial charge on any atom is 0.104 e. The Morgan fingerprint density at radius 2 is 1.88 bits per heavy atom. The van der Waals surface area contributed by atoms with Crippen molar-refractivity contribution in [2.45, 2.75) is 38.6 Å². The number of ether oxygens (including phenoxy) is 4. The van der Waals surface area contributed by atoms with E-state index >= 15 is 0 Å². The van der Waals surface area contributed by atoms with Gasteiger partial charge in [0.15, 0.2) is 0 Å². The molecule has 1 fully saturated rings. The molecule has 1 N–H and O–H groups in total. The van der Waals surface area contributed by atoms with Crippen molar-refractivity contribution in [2.75, 3.05) is 39.6 Å². The highest BCUT2D eigenvalue weighted by Crippen LogP contribution is 2.08. The second-order valence-corrected chi connectivity index (χ2v) is 5.18. The average Bonchev–Trinajstić information content (AvgIpc) is 2.99. The summed E-state index contributed by atoms with van der Waals surface area (Å²) in [7, 11) is 0. The average molecular weight is 248 g/mol. The summed E-state index contributed by atoms with van der Waals surface area (Å²) in [6, 6.07) is 0. The molecule has 2 unspecified atom stereocenters. The minimum Gasteiger partial charge on any atom is -0.388 e. The molecule has 0 aliphatic carbocycles. The lowest BCUT2D eigenvalue weighted by Gasteiger charge is -2.19. The van der Waals surface area contributed by atoms with Crippen LogP contribution >= 0.6 is 0 Å². The van der Waals surface area contributed by atoms with E-state index in [4.69, 9.17) is 18.9 Å². The molecule has 0 amide bonds. The van der Waals surface area contributed by atoms with Crippen molar-refractivity contribution in [3.05, 3.63) is 0 Å². The number of aliphatic hydroxyl groups excluding tert-OH is 1. The van der Waals surface area contributed by atoms with Crippen molar-refractivity contribution < 1.29 is 24.1 Å². The van der Waals surface area contributed by atoms with Gasteiger partial charge in [-0.15, -0.1) is 0 Å². The molecule has 1 heterocycles. The SMILES string of the molecule is CC(C)(C)OCCOCC(O)COCC1CO1. The Morgan fingerprint density at radius 3 is 2.47 bits per heavy atom. The van der Waals surface area contributed by atoms with Crippen molar-refractivity contribution >= 4 is 0 Å². The van der Waals surface area contributed by atoms with Gasteiger partial charge in [-0.1, -0.05) is 0 Å². The monoisotopic (exact) mass is 248 g/mol. The minimum atomic E-state index is -0.580. The highest BCUT2D eigenvalue weighted by Gasteiger charge is 2.22. The van der Waals surface area contributed by atoms with Crippen LogP contribution in [-0.4, -0.2) is 62.6 Å². The van der Waals surface area contributed by atoms with E-state index in [2.05, 4.69) is 0 Å². The van der Waals surface area contributed by atoms with E-state index in [9.17, 15) is 5.11 Å². The van der Waals surface area contributed by atoms with Crippen molar-refractivity contribution in [3.8, 4) is 0 Å². The van der Waals surface area contributed by atoms with Gasteiger partial charge in [-0.25, -0.2) is 0 Å². The molecule has 0 radical (unpaired) electrons. The first-order chi connectivity index (χ1) is 7.97. The first kappa shape index (κ1) is 14.9. The van der Waals surface area contributed by atoms with E-state index in [1.807, 2.05) is 20.8 Å². The van der Waals surface area contributed by atoms with Crippen molar-refractivity contribution in [1.29, 1.82) is 0 Å². The molecule has 0 aromatic rings. The zero-order chi connectivity index (χ0) is 12.7. The van der Waals surface area contributed by atoms with Crippen LogP contribution in [0.3, 0.4) is 0 Å². The smallest absolute Gasteiger partial charge is 0.104 e. The molecular formula is C12H24O5. The fraction of sp³-hybridized carbons (Fsp3) is 1.00. The Bertz CT molecular complexity index is 198. The number of epoxide rings is 1. The van der Waals surface area contributed by atoms with Crippen molar-refractivity contribution in [2.24, 2.45) is 0 Å². The molecule has 0 saturated carbocycles. The molecular weight excluding hydrogens is 224 g/mol. The summed E-state index contributed by atoms with van der Waals surface area (Å²) in [5, 5.41) is 9.51. The Balaban J connectivity index is 1.83. The predicted octanol–water partition coefficient (Wildman–Crippen LogP) is 0.594. The predicted molar refractivity (Wildman–Crippen MR) is 63.1 cm³/mol. The molecule has 0 aromatic carbocycles. The van der Waals surface area contributed by atoms with Crippen LogP contribution in [0.15, 0.2) is 0 Å². The van der Waals surface area contributed by atoms with Gasteiger partial charge >= 0.3 is 0 Å². The molecule has 1 aliphatic rings. The topological polar surface area (TPSA) is 60.5 Å². The summed E-state index contributed by atoms with van der Waals surface area (Å²) >= 11 is 0. The second kappa shape index (κ2) is 7.28.